The van der Waals surface area contributed by atoms with Crippen molar-refractivity contribution in [1.29, 1.82) is 0 Å². The topological polar surface area (TPSA) is 190 Å². The van der Waals surface area contributed by atoms with E-state index in [1.807, 2.05) is 18.2 Å². The summed E-state index contributed by atoms with van der Waals surface area (Å²) in [5, 5.41) is 5.41. The minimum atomic E-state index is -3.91. The average Bonchev–Trinajstić information content (AvgIpc) is 3.88. The van der Waals surface area contributed by atoms with Crippen molar-refractivity contribution >= 4 is 51.5 Å². The Bertz CT molecular complexity index is 1750. The van der Waals surface area contributed by atoms with Crippen LogP contribution in [-0.4, -0.2) is 103 Å². The van der Waals surface area contributed by atoms with Crippen LogP contribution in [0.5, 0.6) is 0 Å². The van der Waals surface area contributed by atoms with E-state index in [0.29, 0.717) is 43.7 Å². The Morgan fingerprint density at radius 1 is 1.02 bits per heavy atom. The molecule has 0 unspecified atom stereocenters. The highest BCUT2D eigenvalue weighted by Gasteiger charge is 2.62. The first-order valence-electron chi connectivity index (χ1n) is 18.1. The number of allylic oxidation sites excluding steroid dienone is 1. The molecule has 15 nitrogen and oxygen atoms in total. The summed E-state index contributed by atoms with van der Waals surface area (Å²) in [5.74, 6) is -2.53. The largest absolute Gasteiger partial charge is 0.444 e. The third kappa shape index (κ3) is 7.88. The van der Waals surface area contributed by atoms with E-state index >= 15 is 0 Å². The van der Waals surface area contributed by atoms with E-state index in [9.17, 15) is 32.4 Å². The molecule has 4 heterocycles. The zero-order valence-corrected chi connectivity index (χ0v) is 30.3. The Morgan fingerprint density at radius 2 is 1.85 bits per heavy atom. The molecule has 1 aromatic carbocycles. The number of hydrogen-bond acceptors (Lipinski definition) is 10. The van der Waals surface area contributed by atoms with Gasteiger partial charge in [-0.1, -0.05) is 48.7 Å². The number of carbonyl (C=O) groups is 5. The summed E-state index contributed by atoms with van der Waals surface area (Å²) in [4.78, 5) is 71.3. The van der Waals surface area contributed by atoms with E-state index in [-0.39, 0.29) is 45.5 Å². The van der Waals surface area contributed by atoms with Gasteiger partial charge >= 0.3 is 12.2 Å². The molecule has 4 fully saturated rings. The number of fused-ring (bicyclic) bond motifs is 3. The number of halogens is 1. The highest BCUT2D eigenvalue weighted by molar-refractivity contribution is 7.91. The van der Waals surface area contributed by atoms with Crippen molar-refractivity contribution in [3.63, 3.8) is 0 Å². The van der Waals surface area contributed by atoms with Crippen molar-refractivity contribution in [3.05, 3.63) is 46.5 Å². The standard InChI is InChI=1S/C35H44ClN5O10S/c36-27-9-6-7-21-17-40(19-26(21)27)34(46)51-24-15-29-30(42)38-35(32(44)39-52(47,48)25-11-12-25)16-22(35)8-4-2-1-3-5-10-28(31(43)41(29)18-24)37-33(45)50-23-13-14-49-20-23/h4,6-9,22-25,28-29H,1-3,5,10-20H2,(H,37,45)(H,38,42)(H,39,44)/b8-4-/t22-,23-,24-,28+,29+,35-/m1/s1. The molecule has 2 aliphatic carbocycles. The number of benzene rings is 1. The van der Waals surface area contributed by atoms with Crippen LogP contribution >= 0.6 is 11.6 Å². The van der Waals surface area contributed by atoms with Gasteiger partial charge in [0.25, 0.3) is 5.91 Å². The SMILES string of the molecule is O=C(N[C@H]1CCCCC/C=C\[C@@H]2C[C@@]2(C(=O)NS(=O)(=O)C2CC2)NC(=O)[C@@H]2C[C@@H](OC(=O)N3Cc4cccc(Cl)c4C3)CN2C1=O)O[C@@H]1CCOC1. The van der Waals surface area contributed by atoms with Crippen molar-refractivity contribution < 1.29 is 46.6 Å². The summed E-state index contributed by atoms with van der Waals surface area (Å²) < 4.78 is 44.4. The maximum absolute atomic E-state index is 14.3. The fourth-order valence-electron chi connectivity index (χ4n) is 7.51. The van der Waals surface area contributed by atoms with Crippen LogP contribution in [-0.2, 0) is 51.7 Å². The normalized spacial score (nSPS) is 31.2. The maximum Gasteiger partial charge on any atom is 0.410 e. The highest BCUT2D eigenvalue weighted by atomic mass is 35.5. The van der Waals surface area contributed by atoms with Crippen molar-refractivity contribution in [3.8, 4) is 0 Å². The second-order valence-electron chi connectivity index (χ2n) is 14.6. The van der Waals surface area contributed by atoms with Gasteiger partial charge in [-0.3, -0.25) is 24.0 Å². The molecular weight excluding hydrogens is 718 g/mol. The van der Waals surface area contributed by atoms with Crippen LogP contribution in [0.3, 0.4) is 0 Å². The molecule has 0 radical (unpaired) electrons. The van der Waals surface area contributed by atoms with E-state index in [1.54, 1.807) is 12.1 Å². The molecule has 4 aliphatic heterocycles. The number of hydrogen-bond donors (Lipinski definition) is 3. The third-order valence-electron chi connectivity index (χ3n) is 10.7. The van der Waals surface area contributed by atoms with E-state index in [0.717, 1.165) is 24.0 Å². The van der Waals surface area contributed by atoms with Crippen LogP contribution < -0.4 is 15.4 Å². The Kier molecular flexibility index (Phi) is 10.4. The monoisotopic (exact) mass is 761 g/mol. The van der Waals surface area contributed by atoms with Gasteiger partial charge < -0.3 is 29.7 Å². The summed E-state index contributed by atoms with van der Waals surface area (Å²) >= 11 is 6.36. The van der Waals surface area contributed by atoms with Crippen LogP contribution in [0.15, 0.2) is 30.4 Å². The van der Waals surface area contributed by atoms with Crippen molar-refractivity contribution in [2.24, 2.45) is 5.92 Å². The van der Waals surface area contributed by atoms with Gasteiger partial charge in [-0.05, 0) is 55.7 Å². The number of ether oxygens (including phenoxy) is 3. The summed E-state index contributed by atoms with van der Waals surface area (Å²) in [6, 6.07) is 3.19. The molecule has 282 valence electrons. The van der Waals surface area contributed by atoms with Crippen LogP contribution in [0, 0.1) is 5.92 Å². The molecule has 0 spiro atoms. The first kappa shape index (κ1) is 36.5. The Labute approximate surface area is 307 Å². The zero-order valence-electron chi connectivity index (χ0n) is 28.7. The number of sulfonamides is 1. The molecule has 1 aromatic rings. The lowest BCUT2D eigenvalue weighted by molar-refractivity contribution is -0.141. The van der Waals surface area contributed by atoms with E-state index in [4.69, 9.17) is 25.8 Å². The van der Waals surface area contributed by atoms with Crippen LogP contribution in [0.4, 0.5) is 9.59 Å². The summed E-state index contributed by atoms with van der Waals surface area (Å²) in [6.07, 6.45) is 5.58. The average molecular weight is 762 g/mol. The lowest BCUT2D eigenvalue weighted by atomic mass is 10.0. The van der Waals surface area contributed by atoms with E-state index in [2.05, 4.69) is 15.4 Å². The fourth-order valence-corrected chi connectivity index (χ4v) is 9.13. The second-order valence-corrected chi connectivity index (χ2v) is 17.0. The van der Waals surface area contributed by atoms with Crippen LogP contribution in [0.25, 0.3) is 0 Å². The third-order valence-corrected chi connectivity index (χ3v) is 12.9. The summed E-state index contributed by atoms with van der Waals surface area (Å²) in [7, 11) is -3.91. The Balaban J connectivity index is 1.12. The van der Waals surface area contributed by atoms with Crippen molar-refractivity contribution in [1.82, 2.24) is 25.2 Å². The number of carbonyl (C=O) groups excluding carboxylic acids is 5. The van der Waals surface area contributed by atoms with Gasteiger partial charge in [0.1, 0.15) is 29.8 Å². The van der Waals surface area contributed by atoms with E-state index in [1.165, 1.54) is 9.80 Å². The molecule has 0 aromatic heterocycles. The molecule has 17 heteroatoms. The van der Waals surface area contributed by atoms with Crippen LogP contribution in [0.1, 0.15) is 75.3 Å². The molecule has 2 saturated heterocycles. The summed E-state index contributed by atoms with van der Waals surface area (Å²) in [5.41, 5.74) is 0.174. The van der Waals surface area contributed by atoms with Gasteiger partial charge in [-0.25, -0.2) is 18.0 Å². The van der Waals surface area contributed by atoms with Crippen molar-refractivity contribution in [2.75, 3.05) is 19.8 Å². The molecule has 0 bridgehead atoms. The minimum Gasteiger partial charge on any atom is -0.444 e. The van der Waals surface area contributed by atoms with Crippen LogP contribution in [0.2, 0.25) is 5.02 Å². The maximum atomic E-state index is 14.3. The fraction of sp³-hybridized carbons (Fsp3) is 0.629. The first-order chi connectivity index (χ1) is 24.9. The molecular formula is C35H44ClN5O10S. The zero-order chi connectivity index (χ0) is 36.6. The molecule has 6 aliphatic rings. The molecule has 2 saturated carbocycles. The Morgan fingerprint density at radius 3 is 2.60 bits per heavy atom. The molecule has 6 atom stereocenters. The van der Waals surface area contributed by atoms with Gasteiger partial charge in [0.05, 0.1) is 31.6 Å². The first-order valence-corrected chi connectivity index (χ1v) is 20.0. The molecule has 7 rings (SSSR count). The number of alkyl carbamates (subject to hydrolysis) is 1. The van der Waals surface area contributed by atoms with Crippen molar-refractivity contribution in [2.45, 2.75) is 112 Å². The lowest BCUT2D eigenvalue weighted by Gasteiger charge is -2.30. The predicted molar refractivity (Wildman–Crippen MR) is 185 cm³/mol. The van der Waals surface area contributed by atoms with Gasteiger partial charge in [-0.15, -0.1) is 0 Å². The predicted octanol–water partition coefficient (Wildman–Crippen LogP) is 2.65. The van der Waals surface area contributed by atoms with E-state index < -0.39 is 80.9 Å². The van der Waals surface area contributed by atoms with Gasteiger partial charge in [-0.2, -0.15) is 0 Å². The smallest absolute Gasteiger partial charge is 0.410 e. The van der Waals surface area contributed by atoms with Gasteiger partial charge in [0, 0.05) is 30.3 Å². The summed E-state index contributed by atoms with van der Waals surface area (Å²) in [6.45, 7) is 1.09. The van der Waals surface area contributed by atoms with Gasteiger partial charge in [0.15, 0.2) is 0 Å². The lowest BCUT2D eigenvalue weighted by Crippen LogP contribution is -2.58. The highest BCUT2D eigenvalue weighted by Crippen LogP contribution is 2.46. The number of rotatable bonds is 6. The molecule has 3 N–H and O–H groups in total. The van der Waals surface area contributed by atoms with Gasteiger partial charge in [0.2, 0.25) is 21.8 Å². The Hall–Kier alpha value is -3.89. The second kappa shape index (κ2) is 14.9. The number of nitrogens with one attached hydrogen (secondary N) is 3. The number of amides is 5. The number of nitrogens with zero attached hydrogens (tertiary/aromatic N) is 2. The molecule has 5 amide bonds. The molecule has 52 heavy (non-hydrogen) atoms. The minimum absolute atomic E-state index is 0.0833. The quantitative estimate of drug-likeness (QED) is 0.364.